The summed E-state index contributed by atoms with van der Waals surface area (Å²) in [5, 5.41) is 4.48. The quantitative estimate of drug-likeness (QED) is 0.775. The second-order valence-corrected chi connectivity index (χ2v) is 6.58. The molecule has 1 aromatic heterocycles. The number of hydrogen-bond donors (Lipinski definition) is 0. The fourth-order valence-corrected chi connectivity index (χ4v) is 2.89. The van der Waals surface area contributed by atoms with E-state index in [9.17, 15) is 4.79 Å². The highest BCUT2D eigenvalue weighted by Crippen LogP contribution is 2.20. The molecule has 4 heteroatoms. The van der Waals surface area contributed by atoms with Crippen molar-refractivity contribution in [3.63, 3.8) is 0 Å². The molecule has 1 aliphatic heterocycles. The van der Waals surface area contributed by atoms with Crippen LogP contribution in [0.1, 0.15) is 57.9 Å². The standard InChI is InChI=1S/C17H29N3O/c1-4-17(21)7-10-19-8-5-15(6-9-19)12-20-13-16(11-18-20)14(2)3/h11,13-15H,4-10,12H2,1-3H3. The molecule has 0 spiro atoms. The average Bonchev–Trinajstić information content (AvgIpc) is 2.95. The van der Waals surface area contributed by atoms with E-state index in [0.717, 1.165) is 38.5 Å². The molecule has 0 saturated carbocycles. The molecule has 0 aromatic carbocycles. The second kappa shape index (κ2) is 7.74. The fraction of sp³-hybridized carbons (Fsp3) is 0.765. The van der Waals surface area contributed by atoms with Crippen LogP contribution >= 0.6 is 0 Å². The number of rotatable bonds is 7. The maximum Gasteiger partial charge on any atom is 0.133 e. The molecule has 4 nitrogen and oxygen atoms in total. The topological polar surface area (TPSA) is 38.1 Å². The van der Waals surface area contributed by atoms with E-state index in [-0.39, 0.29) is 0 Å². The van der Waals surface area contributed by atoms with E-state index in [2.05, 4.69) is 34.7 Å². The van der Waals surface area contributed by atoms with Crippen LogP contribution in [0.25, 0.3) is 0 Å². The van der Waals surface area contributed by atoms with E-state index in [0.29, 0.717) is 18.1 Å². The van der Waals surface area contributed by atoms with Gasteiger partial charge in [-0.15, -0.1) is 0 Å². The highest BCUT2D eigenvalue weighted by Gasteiger charge is 2.20. The normalized spacial score (nSPS) is 17.5. The molecule has 0 atom stereocenters. The Hall–Kier alpha value is -1.16. The molecule has 1 aromatic rings. The van der Waals surface area contributed by atoms with Gasteiger partial charge < -0.3 is 4.90 Å². The van der Waals surface area contributed by atoms with Crippen molar-refractivity contribution in [3.8, 4) is 0 Å². The van der Waals surface area contributed by atoms with E-state index >= 15 is 0 Å². The molecular formula is C17H29N3O. The number of piperidine rings is 1. The van der Waals surface area contributed by atoms with Gasteiger partial charge in [-0.05, 0) is 43.3 Å². The first-order chi connectivity index (χ1) is 10.1. The molecular weight excluding hydrogens is 262 g/mol. The van der Waals surface area contributed by atoms with Crippen molar-refractivity contribution in [1.29, 1.82) is 0 Å². The van der Waals surface area contributed by atoms with Crippen molar-refractivity contribution in [2.75, 3.05) is 19.6 Å². The molecule has 118 valence electrons. The third-order valence-corrected chi connectivity index (χ3v) is 4.57. The van der Waals surface area contributed by atoms with Crippen LogP contribution in [0.5, 0.6) is 0 Å². The van der Waals surface area contributed by atoms with E-state index in [1.54, 1.807) is 0 Å². The largest absolute Gasteiger partial charge is 0.303 e. The van der Waals surface area contributed by atoms with Gasteiger partial charge in [-0.1, -0.05) is 20.8 Å². The summed E-state index contributed by atoms with van der Waals surface area (Å²) < 4.78 is 2.11. The number of Topliss-reactive ketones (excluding diaryl/α,β-unsaturated/α-hetero) is 1. The van der Waals surface area contributed by atoms with Gasteiger partial charge in [-0.2, -0.15) is 5.10 Å². The van der Waals surface area contributed by atoms with Crippen molar-refractivity contribution in [2.24, 2.45) is 5.92 Å². The van der Waals surface area contributed by atoms with Crippen molar-refractivity contribution in [1.82, 2.24) is 14.7 Å². The number of carbonyl (C=O) groups excluding carboxylic acids is 1. The first-order valence-corrected chi connectivity index (χ1v) is 8.35. The maximum absolute atomic E-state index is 11.4. The van der Waals surface area contributed by atoms with Crippen LogP contribution in [0, 0.1) is 5.92 Å². The van der Waals surface area contributed by atoms with E-state index in [1.165, 1.54) is 18.4 Å². The third-order valence-electron chi connectivity index (χ3n) is 4.57. The van der Waals surface area contributed by atoms with Gasteiger partial charge in [0.1, 0.15) is 5.78 Å². The van der Waals surface area contributed by atoms with Gasteiger partial charge in [-0.25, -0.2) is 0 Å². The Balaban J connectivity index is 1.72. The van der Waals surface area contributed by atoms with Gasteiger partial charge in [0.2, 0.25) is 0 Å². The Morgan fingerprint density at radius 3 is 2.67 bits per heavy atom. The van der Waals surface area contributed by atoms with Gasteiger partial charge in [0, 0.05) is 32.1 Å². The molecule has 1 saturated heterocycles. The summed E-state index contributed by atoms with van der Waals surface area (Å²) in [6.45, 7) is 10.6. The van der Waals surface area contributed by atoms with Gasteiger partial charge in [0.25, 0.3) is 0 Å². The molecule has 0 amide bonds. The summed E-state index contributed by atoms with van der Waals surface area (Å²) in [6.07, 6.45) is 8.02. The number of likely N-dealkylation sites (tertiary alicyclic amines) is 1. The zero-order valence-corrected chi connectivity index (χ0v) is 13.7. The lowest BCUT2D eigenvalue weighted by atomic mass is 9.96. The fourth-order valence-electron chi connectivity index (χ4n) is 2.89. The lowest BCUT2D eigenvalue weighted by molar-refractivity contribution is -0.119. The average molecular weight is 291 g/mol. The van der Waals surface area contributed by atoms with Crippen molar-refractivity contribution < 1.29 is 4.79 Å². The summed E-state index contributed by atoms with van der Waals surface area (Å²) in [6, 6.07) is 0. The van der Waals surface area contributed by atoms with Crippen LogP contribution in [-0.2, 0) is 11.3 Å². The third kappa shape index (κ3) is 4.95. The van der Waals surface area contributed by atoms with Crippen LogP contribution < -0.4 is 0 Å². The summed E-state index contributed by atoms with van der Waals surface area (Å²) in [5.41, 5.74) is 1.32. The molecule has 21 heavy (non-hydrogen) atoms. The van der Waals surface area contributed by atoms with E-state index in [4.69, 9.17) is 0 Å². The summed E-state index contributed by atoms with van der Waals surface area (Å²) in [5.74, 6) is 1.66. The lowest BCUT2D eigenvalue weighted by Gasteiger charge is -2.31. The monoisotopic (exact) mass is 291 g/mol. The van der Waals surface area contributed by atoms with Crippen molar-refractivity contribution in [2.45, 2.75) is 58.9 Å². The zero-order valence-electron chi connectivity index (χ0n) is 13.7. The summed E-state index contributed by atoms with van der Waals surface area (Å²) in [4.78, 5) is 13.8. The summed E-state index contributed by atoms with van der Waals surface area (Å²) >= 11 is 0. The van der Waals surface area contributed by atoms with Crippen LogP contribution in [0.3, 0.4) is 0 Å². The van der Waals surface area contributed by atoms with Gasteiger partial charge >= 0.3 is 0 Å². The number of ketones is 1. The minimum Gasteiger partial charge on any atom is -0.303 e. The number of carbonyl (C=O) groups is 1. The minimum atomic E-state index is 0.384. The first kappa shape index (κ1) is 16.2. The van der Waals surface area contributed by atoms with Crippen LogP contribution in [0.4, 0.5) is 0 Å². The molecule has 0 aliphatic carbocycles. The molecule has 0 N–H and O–H groups in total. The van der Waals surface area contributed by atoms with Gasteiger partial charge in [0.15, 0.2) is 0 Å². The second-order valence-electron chi connectivity index (χ2n) is 6.58. The number of aromatic nitrogens is 2. The molecule has 1 aliphatic rings. The molecule has 1 fully saturated rings. The number of hydrogen-bond acceptors (Lipinski definition) is 3. The predicted octanol–water partition coefficient (Wildman–Crippen LogP) is 3.09. The highest BCUT2D eigenvalue weighted by molar-refractivity contribution is 5.78. The SMILES string of the molecule is CCC(=O)CCN1CCC(Cn2cc(C(C)C)cn2)CC1. The Bertz CT molecular complexity index is 445. The highest BCUT2D eigenvalue weighted by atomic mass is 16.1. The number of nitrogens with zero attached hydrogens (tertiary/aromatic N) is 3. The Morgan fingerprint density at radius 2 is 2.10 bits per heavy atom. The Morgan fingerprint density at radius 1 is 1.38 bits per heavy atom. The first-order valence-electron chi connectivity index (χ1n) is 8.35. The summed E-state index contributed by atoms with van der Waals surface area (Å²) in [7, 11) is 0. The lowest BCUT2D eigenvalue weighted by Crippen LogP contribution is -2.36. The van der Waals surface area contributed by atoms with Gasteiger partial charge in [0.05, 0.1) is 6.20 Å². The smallest absolute Gasteiger partial charge is 0.133 e. The Kier molecular flexibility index (Phi) is 5.97. The van der Waals surface area contributed by atoms with Crippen molar-refractivity contribution >= 4 is 5.78 Å². The van der Waals surface area contributed by atoms with E-state index < -0.39 is 0 Å². The molecule has 0 radical (unpaired) electrons. The van der Waals surface area contributed by atoms with Crippen LogP contribution in [-0.4, -0.2) is 40.1 Å². The molecule has 0 bridgehead atoms. The van der Waals surface area contributed by atoms with Gasteiger partial charge in [-0.3, -0.25) is 9.48 Å². The van der Waals surface area contributed by atoms with Crippen molar-refractivity contribution in [3.05, 3.63) is 18.0 Å². The minimum absolute atomic E-state index is 0.384. The van der Waals surface area contributed by atoms with Crippen LogP contribution in [0.2, 0.25) is 0 Å². The molecule has 2 heterocycles. The molecule has 0 unspecified atom stereocenters. The van der Waals surface area contributed by atoms with E-state index in [1.807, 2.05) is 13.1 Å². The molecule has 2 rings (SSSR count). The maximum atomic E-state index is 11.4. The predicted molar refractivity (Wildman–Crippen MR) is 85.4 cm³/mol. The van der Waals surface area contributed by atoms with Crippen LogP contribution in [0.15, 0.2) is 12.4 Å². The Labute approximate surface area is 128 Å². The zero-order chi connectivity index (χ0) is 15.2.